The number of hydrogen-bond donors (Lipinski definition) is 0. The molecule has 6 rings (SSSR count). The summed E-state index contributed by atoms with van der Waals surface area (Å²) >= 11 is 0. The lowest BCUT2D eigenvalue weighted by molar-refractivity contribution is 0.357. The van der Waals surface area contributed by atoms with E-state index in [-0.39, 0.29) is 15.7 Å². The number of fused-ring (bicyclic) bond motifs is 7. The van der Waals surface area contributed by atoms with Gasteiger partial charge in [0.1, 0.15) is 26.9 Å². The Kier molecular flexibility index (Phi) is 5.48. The molecule has 0 amide bonds. The molecule has 0 aliphatic heterocycles. The van der Waals surface area contributed by atoms with Crippen molar-refractivity contribution in [1.29, 1.82) is 0 Å². The summed E-state index contributed by atoms with van der Waals surface area (Å²) in [5.74, 6) is 0. The molecule has 4 aromatic carbocycles. The second-order valence-electron chi connectivity index (χ2n) is 13.4. The minimum Gasteiger partial charge on any atom is -0.455 e. The Morgan fingerprint density at radius 2 is 1.32 bits per heavy atom. The van der Waals surface area contributed by atoms with Gasteiger partial charge in [0.05, 0.1) is 29.2 Å². The first kappa shape index (κ1) is 25.0. The maximum Gasteiger partial charge on any atom is 0.144 e. The van der Waals surface area contributed by atoms with Crippen LogP contribution in [0.1, 0.15) is 31.9 Å². The Morgan fingerprint density at radius 1 is 0.658 bits per heavy atom. The van der Waals surface area contributed by atoms with Crippen LogP contribution < -0.4 is 0 Å². The van der Waals surface area contributed by atoms with Gasteiger partial charge in [-0.3, -0.25) is 4.98 Å². The first-order valence-electron chi connectivity index (χ1n) is 13.6. The molecule has 0 aliphatic carbocycles. The first-order chi connectivity index (χ1) is 17.9. The minimum atomic E-state index is -0.0514. The molecule has 2 heterocycles. The topological polar surface area (TPSA) is 26.0 Å². The number of rotatable bonds is 3. The van der Waals surface area contributed by atoms with Crippen molar-refractivity contribution in [1.82, 2.24) is 4.98 Å². The van der Waals surface area contributed by atoms with Crippen molar-refractivity contribution >= 4 is 82.7 Å². The fraction of sp³-hybridized carbons (Fsp3) is 0.194. The Bertz CT molecular complexity index is 1880. The highest BCUT2D eigenvalue weighted by molar-refractivity contribution is 6.59. The van der Waals surface area contributed by atoms with E-state index in [4.69, 9.17) is 9.40 Å². The van der Waals surface area contributed by atoms with Crippen LogP contribution in [0.3, 0.4) is 0 Å². The zero-order valence-electron chi connectivity index (χ0n) is 23.9. The molecule has 6 aromatic rings. The lowest BCUT2D eigenvalue weighted by atomic mass is 9.35. The van der Waals surface area contributed by atoms with E-state index in [1.165, 1.54) is 32.7 Å². The van der Waals surface area contributed by atoms with Gasteiger partial charge in [0.2, 0.25) is 0 Å². The third kappa shape index (κ3) is 3.74. The van der Waals surface area contributed by atoms with Crippen molar-refractivity contribution < 1.29 is 4.42 Å². The molecule has 0 spiro atoms. The van der Waals surface area contributed by atoms with Crippen LogP contribution in [0.5, 0.6) is 0 Å². The highest BCUT2D eigenvalue weighted by Gasteiger charge is 2.38. The van der Waals surface area contributed by atoms with Crippen molar-refractivity contribution in [3.8, 4) is 11.3 Å². The van der Waals surface area contributed by atoms with Crippen LogP contribution in [0.2, 0.25) is 0 Å². The van der Waals surface area contributed by atoms with Gasteiger partial charge in [-0.1, -0.05) is 91.3 Å². The largest absolute Gasteiger partial charge is 0.455 e. The number of benzene rings is 4. The van der Waals surface area contributed by atoms with Crippen molar-refractivity contribution in [3.63, 3.8) is 0 Å². The molecule has 2 nitrogen and oxygen atoms in total. The van der Waals surface area contributed by atoms with Gasteiger partial charge in [0.25, 0.3) is 0 Å². The average molecular weight is 489 g/mol. The molecule has 0 radical (unpaired) electrons. The van der Waals surface area contributed by atoms with Gasteiger partial charge in [0.15, 0.2) is 0 Å². The van der Waals surface area contributed by atoms with Gasteiger partial charge in [-0.15, -0.1) is 0 Å². The molecule has 7 heteroatoms. The number of pyridine rings is 1. The molecular formula is C31H32B5NO. The van der Waals surface area contributed by atoms with E-state index >= 15 is 0 Å². The highest BCUT2D eigenvalue weighted by Crippen LogP contribution is 2.43. The van der Waals surface area contributed by atoms with Gasteiger partial charge < -0.3 is 4.42 Å². The average Bonchev–Trinajstić information content (AvgIpc) is 3.26. The summed E-state index contributed by atoms with van der Waals surface area (Å²) < 4.78 is 6.81. The van der Waals surface area contributed by atoms with Gasteiger partial charge in [-0.2, -0.15) is 0 Å². The van der Waals surface area contributed by atoms with E-state index in [1.54, 1.807) is 0 Å². The zero-order chi connectivity index (χ0) is 27.0. The summed E-state index contributed by atoms with van der Waals surface area (Å²) in [6.07, 6.45) is 2.10. The van der Waals surface area contributed by atoms with Crippen molar-refractivity contribution in [2.24, 2.45) is 5.41 Å². The fourth-order valence-corrected chi connectivity index (χ4v) is 5.67. The third-order valence-electron chi connectivity index (χ3n) is 8.91. The predicted octanol–water partition coefficient (Wildman–Crippen LogP) is 3.43. The summed E-state index contributed by atoms with van der Waals surface area (Å²) in [5.41, 5.74) is 6.59. The van der Waals surface area contributed by atoms with E-state index in [0.29, 0.717) is 0 Å². The minimum absolute atomic E-state index is 0.00523. The molecule has 38 heavy (non-hydrogen) atoms. The van der Waals surface area contributed by atoms with E-state index < -0.39 is 0 Å². The third-order valence-corrected chi connectivity index (χ3v) is 8.91. The lowest BCUT2D eigenvalue weighted by Gasteiger charge is -2.43. The molecule has 0 fully saturated rings. The molecule has 182 valence electrons. The van der Waals surface area contributed by atoms with E-state index in [0.717, 1.165) is 33.2 Å². The van der Waals surface area contributed by atoms with Crippen LogP contribution in [-0.2, 0) is 10.3 Å². The van der Waals surface area contributed by atoms with E-state index in [1.807, 2.05) is 0 Å². The lowest BCUT2D eigenvalue weighted by Crippen LogP contribution is -2.44. The van der Waals surface area contributed by atoms with Crippen molar-refractivity contribution in [2.75, 3.05) is 0 Å². The van der Waals surface area contributed by atoms with Crippen LogP contribution in [0, 0.1) is 5.41 Å². The molecule has 2 aromatic heterocycles. The van der Waals surface area contributed by atoms with Crippen LogP contribution in [0.15, 0.2) is 83.4 Å². The van der Waals surface area contributed by atoms with Crippen LogP contribution in [0.4, 0.5) is 0 Å². The van der Waals surface area contributed by atoms with Crippen molar-refractivity contribution in [3.05, 3.63) is 90.1 Å². The van der Waals surface area contributed by atoms with E-state index in [2.05, 4.69) is 139 Å². The molecule has 0 saturated carbocycles. The van der Waals surface area contributed by atoms with Gasteiger partial charge in [-0.05, 0) is 45.3 Å². The fourth-order valence-electron chi connectivity index (χ4n) is 5.67. The Balaban J connectivity index is 1.66. The Hall–Kier alpha value is -3.33. The Morgan fingerprint density at radius 3 is 2.05 bits per heavy atom. The van der Waals surface area contributed by atoms with Crippen LogP contribution >= 0.6 is 0 Å². The standard InChI is InChI=1S/C31H32B5NO/c1-29(2,3)30(32,33)23-15-25(37-16-24(23)31(34,35)36)22-10-6-9-20-21-14-13-18-12-11-17-7-4-5-8-19(17)26(18)28(21)38-27(20)22/h4-16H,32-36H2,1-3H3. The second-order valence-corrected chi connectivity index (χ2v) is 13.4. The molecule has 0 unspecified atom stereocenters. The molecule has 0 N–H and O–H groups in total. The number of para-hydroxylation sites is 1. The summed E-state index contributed by atoms with van der Waals surface area (Å²) in [5, 5.41) is 7.03. The first-order valence-corrected chi connectivity index (χ1v) is 13.6. The van der Waals surface area contributed by atoms with Gasteiger partial charge in [0, 0.05) is 27.9 Å². The number of aromatic nitrogens is 1. The molecule has 0 aliphatic rings. The molecular weight excluding hydrogens is 456 g/mol. The molecule has 0 saturated heterocycles. The Labute approximate surface area is 229 Å². The summed E-state index contributed by atoms with van der Waals surface area (Å²) in [4.78, 5) is 5.04. The van der Waals surface area contributed by atoms with E-state index in [9.17, 15) is 0 Å². The maximum atomic E-state index is 6.81. The van der Waals surface area contributed by atoms with Gasteiger partial charge >= 0.3 is 0 Å². The maximum absolute atomic E-state index is 6.81. The van der Waals surface area contributed by atoms with Gasteiger partial charge in [-0.25, -0.2) is 0 Å². The second kappa shape index (κ2) is 8.34. The summed E-state index contributed by atoms with van der Waals surface area (Å²) in [6.45, 7) is 6.98. The monoisotopic (exact) mass is 489 g/mol. The number of furan rings is 1. The normalized spacial score (nSPS) is 13.1. The number of nitrogens with zero attached hydrogens (tertiary/aromatic N) is 1. The SMILES string of the molecule is BC(B)(B)c1cnc(-c2cccc3c2oc2c3ccc3ccc4ccccc4c32)cc1C(B)(B)C(C)(C)C. The quantitative estimate of drug-likeness (QED) is 0.282. The number of hydrogen-bond acceptors (Lipinski definition) is 2. The summed E-state index contributed by atoms with van der Waals surface area (Å²) in [7, 11) is 11.6. The highest BCUT2D eigenvalue weighted by atomic mass is 16.3. The molecule has 0 bridgehead atoms. The predicted molar refractivity (Wildman–Crippen MR) is 177 cm³/mol. The van der Waals surface area contributed by atoms with Crippen LogP contribution in [0.25, 0.3) is 54.7 Å². The zero-order valence-corrected chi connectivity index (χ0v) is 23.9. The molecule has 0 atom stereocenters. The van der Waals surface area contributed by atoms with Crippen LogP contribution in [-0.4, -0.2) is 44.2 Å². The summed E-state index contributed by atoms with van der Waals surface area (Å²) in [6, 6.07) is 26.1. The smallest absolute Gasteiger partial charge is 0.144 e. The van der Waals surface area contributed by atoms with Crippen molar-refractivity contribution in [2.45, 2.75) is 31.1 Å².